The molecule has 2 N–H and O–H groups in total. The Morgan fingerprint density at radius 2 is 1.85 bits per heavy atom. The predicted molar refractivity (Wildman–Crippen MR) is 73.1 cm³/mol. The van der Waals surface area contributed by atoms with E-state index in [4.69, 9.17) is 0 Å². The van der Waals surface area contributed by atoms with E-state index in [1.54, 1.807) is 48.7 Å². The standard InChI is InChI=1S/C15H14N2O3/c1-15(14(19)20,12-7-3-2-4-8-12)17-13(18)11-6-5-9-16-10-11/h2-10H,1H3,(H,17,18)(H,19,20). The topological polar surface area (TPSA) is 79.3 Å². The van der Waals surface area contributed by atoms with Gasteiger partial charge in [-0.05, 0) is 24.6 Å². The molecular weight excluding hydrogens is 256 g/mol. The summed E-state index contributed by atoms with van der Waals surface area (Å²) in [7, 11) is 0. The normalized spacial score (nSPS) is 13.2. The first-order valence-electron chi connectivity index (χ1n) is 6.05. The first kappa shape index (κ1) is 13.7. The van der Waals surface area contributed by atoms with Gasteiger partial charge in [0.05, 0.1) is 5.56 Å². The van der Waals surface area contributed by atoms with Gasteiger partial charge in [0.25, 0.3) is 5.91 Å². The Balaban J connectivity index is 2.32. The third-order valence-corrected chi connectivity index (χ3v) is 3.07. The van der Waals surface area contributed by atoms with Crippen molar-refractivity contribution in [2.75, 3.05) is 0 Å². The second kappa shape index (κ2) is 5.52. The molecule has 0 aliphatic heterocycles. The number of benzene rings is 1. The second-order valence-corrected chi connectivity index (χ2v) is 4.49. The average molecular weight is 270 g/mol. The minimum absolute atomic E-state index is 0.316. The van der Waals surface area contributed by atoms with E-state index in [9.17, 15) is 14.7 Å². The highest BCUT2D eigenvalue weighted by Crippen LogP contribution is 2.21. The molecular formula is C15H14N2O3. The maximum Gasteiger partial charge on any atom is 0.333 e. The molecule has 1 heterocycles. The molecule has 0 saturated carbocycles. The van der Waals surface area contributed by atoms with Gasteiger partial charge < -0.3 is 10.4 Å². The summed E-state index contributed by atoms with van der Waals surface area (Å²) >= 11 is 0. The van der Waals surface area contributed by atoms with Crippen LogP contribution in [0.1, 0.15) is 22.8 Å². The molecule has 1 amide bonds. The molecule has 1 unspecified atom stereocenters. The summed E-state index contributed by atoms with van der Waals surface area (Å²) in [6.45, 7) is 1.46. The van der Waals surface area contributed by atoms with Crippen molar-refractivity contribution in [3.05, 3.63) is 66.0 Å². The summed E-state index contributed by atoms with van der Waals surface area (Å²) in [5, 5.41) is 12.0. The second-order valence-electron chi connectivity index (χ2n) is 4.49. The number of carboxylic acid groups (broad SMARTS) is 1. The SMILES string of the molecule is CC(NC(=O)c1cccnc1)(C(=O)O)c1ccccc1. The number of amides is 1. The number of nitrogens with one attached hydrogen (secondary N) is 1. The Morgan fingerprint density at radius 1 is 1.15 bits per heavy atom. The quantitative estimate of drug-likeness (QED) is 0.888. The van der Waals surface area contributed by atoms with Crippen LogP contribution in [0.5, 0.6) is 0 Å². The van der Waals surface area contributed by atoms with Crippen molar-refractivity contribution in [2.24, 2.45) is 0 Å². The van der Waals surface area contributed by atoms with Crippen molar-refractivity contribution < 1.29 is 14.7 Å². The smallest absolute Gasteiger partial charge is 0.333 e. The zero-order valence-corrected chi connectivity index (χ0v) is 10.9. The fraction of sp³-hybridized carbons (Fsp3) is 0.133. The lowest BCUT2D eigenvalue weighted by atomic mass is 9.91. The van der Waals surface area contributed by atoms with Gasteiger partial charge in [-0.3, -0.25) is 9.78 Å². The maximum atomic E-state index is 12.1. The molecule has 0 aliphatic carbocycles. The number of hydrogen-bond donors (Lipinski definition) is 2. The predicted octanol–water partition coefficient (Wildman–Crippen LogP) is 1.81. The summed E-state index contributed by atoms with van der Waals surface area (Å²) in [5.74, 6) is -1.60. The zero-order valence-electron chi connectivity index (χ0n) is 10.9. The highest BCUT2D eigenvalue weighted by atomic mass is 16.4. The fourth-order valence-electron chi connectivity index (χ4n) is 1.82. The number of aliphatic carboxylic acids is 1. The molecule has 0 bridgehead atoms. The highest BCUT2D eigenvalue weighted by Gasteiger charge is 2.36. The van der Waals surface area contributed by atoms with Crippen LogP contribution in [-0.4, -0.2) is 22.0 Å². The Bertz CT molecular complexity index is 614. The van der Waals surface area contributed by atoms with E-state index in [1.807, 2.05) is 0 Å². The van der Waals surface area contributed by atoms with Gasteiger partial charge in [-0.2, -0.15) is 0 Å². The molecule has 2 rings (SSSR count). The van der Waals surface area contributed by atoms with E-state index >= 15 is 0 Å². The summed E-state index contributed by atoms with van der Waals surface area (Å²) in [6, 6.07) is 11.8. The van der Waals surface area contributed by atoms with Crippen molar-refractivity contribution in [1.82, 2.24) is 10.3 Å². The van der Waals surface area contributed by atoms with Crippen molar-refractivity contribution in [2.45, 2.75) is 12.5 Å². The molecule has 20 heavy (non-hydrogen) atoms. The summed E-state index contributed by atoms with van der Waals surface area (Å²) < 4.78 is 0. The van der Waals surface area contributed by atoms with Crippen LogP contribution in [-0.2, 0) is 10.3 Å². The number of nitrogens with zero attached hydrogens (tertiary/aromatic N) is 1. The molecule has 5 heteroatoms. The van der Waals surface area contributed by atoms with Gasteiger partial charge >= 0.3 is 5.97 Å². The van der Waals surface area contributed by atoms with Crippen molar-refractivity contribution in [1.29, 1.82) is 0 Å². The minimum Gasteiger partial charge on any atom is -0.479 e. The van der Waals surface area contributed by atoms with Crippen LogP contribution < -0.4 is 5.32 Å². The van der Waals surface area contributed by atoms with Crippen LogP contribution in [0.15, 0.2) is 54.9 Å². The van der Waals surface area contributed by atoms with Crippen molar-refractivity contribution >= 4 is 11.9 Å². The van der Waals surface area contributed by atoms with E-state index in [1.165, 1.54) is 13.1 Å². The van der Waals surface area contributed by atoms with Crippen LogP contribution in [0.25, 0.3) is 0 Å². The van der Waals surface area contributed by atoms with Gasteiger partial charge in [0, 0.05) is 12.4 Å². The average Bonchev–Trinajstić information content (AvgIpc) is 2.48. The minimum atomic E-state index is -1.49. The van der Waals surface area contributed by atoms with Gasteiger partial charge in [-0.15, -0.1) is 0 Å². The molecule has 0 saturated heterocycles. The zero-order chi connectivity index (χ0) is 14.6. The lowest BCUT2D eigenvalue weighted by Crippen LogP contribution is -2.49. The third-order valence-electron chi connectivity index (χ3n) is 3.07. The van der Waals surface area contributed by atoms with Crippen LogP contribution >= 0.6 is 0 Å². The Hall–Kier alpha value is -2.69. The van der Waals surface area contributed by atoms with Gasteiger partial charge in [-0.1, -0.05) is 30.3 Å². The molecule has 1 aromatic carbocycles. The molecule has 102 valence electrons. The molecule has 5 nitrogen and oxygen atoms in total. The van der Waals surface area contributed by atoms with Crippen LogP contribution in [0, 0.1) is 0 Å². The first-order valence-corrected chi connectivity index (χ1v) is 6.05. The van der Waals surface area contributed by atoms with Gasteiger partial charge in [0.2, 0.25) is 0 Å². The lowest BCUT2D eigenvalue weighted by Gasteiger charge is -2.26. The van der Waals surface area contributed by atoms with E-state index < -0.39 is 17.4 Å². The number of pyridine rings is 1. The fourth-order valence-corrected chi connectivity index (χ4v) is 1.82. The van der Waals surface area contributed by atoms with E-state index in [0.717, 1.165) is 0 Å². The third kappa shape index (κ3) is 2.66. The molecule has 0 fully saturated rings. The number of carbonyl (C=O) groups is 2. The first-order chi connectivity index (χ1) is 9.54. The Labute approximate surface area is 116 Å². The number of aromatic nitrogens is 1. The molecule has 2 aromatic rings. The Morgan fingerprint density at radius 3 is 2.40 bits per heavy atom. The molecule has 0 spiro atoms. The lowest BCUT2D eigenvalue weighted by molar-refractivity contribution is -0.144. The van der Waals surface area contributed by atoms with Gasteiger partial charge in [0.1, 0.15) is 0 Å². The number of hydrogen-bond acceptors (Lipinski definition) is 3. The monoisotopic (exact) mass is 270 g/mol. The van der Waals surface area contributed by atoms with Crippen LogP contribution in [0.2, 0.25) is 0 Å². The van der Waals surface area contributed by atoms with E-state index in [-0.39, 0.29) is 0 Å². The maximum absolute atomic E-state index is 12.1. The molecule has 1 aromatic heterocycles. The molecule has 0 radical (unpaired) electrons. The number of carboxylic acids is 1. The highest BCUT2D eigenvalue weighted by molar-refractivity contribution is 5.97. The Kier molecular flexibility index (Phi) is 3.79. The van der Waals surface area contributed by atoms with Crippen molar-refractivity contribution in [3.8, 4) is 0 Å². The van der Waals surface area contributed by atoms with Gasteiger partial charge in [-0.25, -0.2) is 4.79 Å². The van der Waals surface area contributed by atoms with Crippen LogP contribution in [0.4, 0.5) is 0 Å². The molecule has 0 aliphatic rings. The number of rotatable bonds is 4. The summed E-state index contributed by atoms with van der Waals surface area (Å²) in [5.41, 5.74) is -0.672. The number of carbonyl (C=O) groups excluding carboxylic acids is 1. The van der Waals surface area contributed by atoms with E-state index in [0.29, 0.717) is 11.1 Å². The summed E-state index contributed by atoms with van der Waals surface area (Å²) in [4.78, 5) is 27.5. The largest absolute Gasteiger partial charge is 0.479 e. The van der Waals surface area contributed by atoms with E-state index in [2.05, 4.69) is 10.3 Å². The van der Waals surface area contributed by atoms with Crippen molar-refractivity contribution in [3.63, 3.8) is 0 Å². The molecule has 1 atom stereocenters. The summed E-state index contributed by atoms with van der Waals surface area (Å²) in [6.07, 6.45) is 2.94. The van der Waals surface area contributed by atoms with Crippen LogP contribution in [0.3, 0.4) is 0 Å². The van der Waals surface area contributed by atoms with Gasteiger partial charge in [0.15, 0.2) is 5.54 Å².